The van der Waals surface area contributed by atoms with Crippen molar-refractivity contribution in [2.24, 2.45) is 0 Å². The van der Waals surface area contributed by atoms with E-state index in [9.17, 15) is 4.79 Å². The highest BCUT2D eigenvalue weighted by molar-refractivity contribution is 6.35. The molecule has 6 nitrogen and oxygen atoms in total. The second-order valence-electron chi connectivity index (χ2n) is 7.37. The second kappa shape index (κ2) is 9.91. The number of benzene rings is 2. The molecule has 0 radical (unpaired) electrons. The summed E-state index contributed by atoms with van der Waals surface area (Å²) in [6, 6.07) is 14.5. The molecule has 170 valence electrons. The third-order valence-corrected chi connectivity index (χ3v) is 6.04. The number of carbonyl (C=O) groups is 1. The van der Waals surface area contributed by atoms with Crippen LogP contribution in [0.4, 0.5) is 0 Å². The fourth-order valence-electron chi connectivity index (χ4n) is 3.57. The number of ether oxygens (including phenoxy) is 1. The van der Waals surface area contributed by atoms with Crippen molar-refractivity contribution < 1.29 is 9.53 Å². The van der Waals surface area contributed by atoms with Crippen LogP contribution >= 0.6 is 34.8 Å². The van der Waals surface area contributed by atoms with Crippen molar-refractivity contribution in [3.8, 4) is 17.3 Å². The quantitative estimate of drug-likeness (QED) is 0.341. The molecule has 0 fully saturated rings. The van der Waals surface area contributed by atoms with E-state index < -0.39 is 0 Å². The van der Waals surface area contributed by atoms with E-state index >= 15 is 0 Å². The molecule has 9 heteroatoms. The van der Waals surface area contributed by atoms with E-state index in [1.54, 1.807) is 30.0 Å². The molecule has 0 aliphatic carbocycles. The standard InChI is InChI=1S/C24H21Cl3N4O2/c1-15-22(23(32)28-10-9-16-5-8-21(33-2)19(27)13-16)29-31(24(15)30-11-3-4-12-30)20-7-6-17(25)14-18(20)26/h3-8,11-14H,9-10H2,1-2H3,(H,28,32). The Kier molecular flexibility index (Phi) is 6.98. The molecule has 0 spiro atoms. The van der Waals surface area contributed by atoms with Crippen molar-refractivity contribution in [1.82, 2.24) is 19.7 Å². The zero-order chi connectivity index (χ0) is 23.5. The maximum Gasteiger partial charge on any atom is 0.272 e. The average Bonchev–Trinajstić information content (AvgIpc) is 3.41. The molecule has 2 aromatic heterocycles. The number of rotatable bonds is 7. The number of nitrogens with one attached hydrogen (secondary N) is 1. The van der Waals surface area contributed by atoms with Crippen LogP contribution in [-0.2, 0) is 6.42 Å². The summed E-state index contributed by atoms with van der Waals surface area (Å²) in [5, 5.41) is 9.04. The maximum absolute atomic E-state index is 13.0. The van der Waals surface area contributed by atoms with Crippen molar-refractivity contribution >= 4 is 40.7 Å². The first-order valence-corrected chi connectivity index (χ1v) is 11.3. The summed E-state index contributed by atoms with van der Waals surface area (Å²) in [4.78, 5) is 13.0. The maximum atomic E-state index is 13.0. The molecule has 0 unspecified atom stereocenters. The van der Waals surface area contributed by atoms with Crippen LogP contribution in [0, 0.1) is 6.92 Å². The number of nitrogens with zero attached hydrogens (tertiary/aromatic N) is 3. The zero-order valence-electron chi connectivity index (χ0n) is 18.0. The number of halogens is 3. The summed E-state index contributed by atoms with van der Waals surface area (Å²) in [6.07, 6.45) is 4.39. The molecule has 33 heavy (non-hydrogen) atoms. The van der Waals surface area contributed by atoms with Gasteiger partial charge in [-0.25, -0.2) is 4.68 Å². The molecular formula is C24H21Cl3N4O2. The summed E-state index contributed by atoms with van der Waals surface area (Å²) in [5.41, 5.74) is 2.66. The van der Waals surface area contributed by atoms with Crippen molar-refractivity contribution in [2.75, 3.05) is 13.7 Å². The van der Waals surface area contributed by atoms with Crippen LogP contribution < -0.4 is 10.1 Å². The number of hydrogen-bond donors (Lipinski definition) is 1. The number of methoxy groups -OCH3 is 1. The summed E-state index contributed by atoms with van der Waals surface area (Å²) in [6.45, 7) is 2.29. The number of amides is 1. The highest BCUT2D eigenvalue weighted by Gasteiger charge is 2.23. The first kappa shape index (κ1) is 23.2. The Hall–Kier alpha value is -2.93. The monoisotopic (exact) mass is 502 g/mol. The lowest BCUT2D eigenvalue weighted by Gasteiger charge is -2.11. The summed E-state index contributed by atoms with van der Waals surface area (Å²) >= 11 is 18.7. The van der Waals surface area contributed by atoms with E-state index in [0.717, 1.165) is 16.9 Å². The van der Waals surface area contributed by atoms with Gasteiger partial charge in [0.25, 0.3) is 5.91 Å². The van der Waals surface area contributed by atoms with Crippen LogP contribution in [-0.4, -0.2) is 33.9 Å². The van der Waals surface area contributed by atoms with Gasteiger partial charge in [-0.05, 0) is 61.4 Å². The van der Waals surface area contributed by atoms with Crippen molar-refractivity contribution in [1.29, 1.82) is 0 Å². The molecule has 1 amide bonds. The minimum Gasteiger partial charge on any atom is -0.495 e. The average molecular weight is 504 g/mol. The fraction of sp³-hybridized carbons (Fsp3) is 0.167. The Morgan fingerprint density at radius 2 is 1.82 bits per heavy atom. The highest BCUT2D eigenvalue weighted by Crippen LogP contribution is 2.29. The van der Waals surface area contributed by atoms with Gasteiger partial charge in [0, 0.05) is 29.5 Å². The molecular weight excluding hydrogens is 483 g/mol. The van der Waals surface area contributed by atoms with E-state index in [-0.39, 0.29) is 5.91 Å². The lowest BCUT2D eigenvalue weighted by molar-refractivity contribution is 0.0948. The van der Waals surface area contributed by atoms with Crippen LogP contribution in [0.15, 0.2) is 60.9 Å². The van der Waals surface area contributed by atoms with Gasteiger partial charge in [-0.2, -0.15) is 5.10 Å². The van der Waals surface area contributed by atoms with Crippen LogP contribution in [0.1, 0.15) is 21.6 Å². The molecule has 0 aliphatic rings. The molecule has 2 aromatic carbocycles. The summed E-state index contributed by atoms with van der Waals surface area (Å²) in [7, 11) is 1.57. The Balaban J connectivity index is 1.60. The van der Waals surface area contributed by atoms with E-state index in [2.05, 4.69) is 10.4 Å². The lowest BCUT2D eigenvalue weighted by Crippen LogP contribution is -2.26. The second-order valence-corrected chi connectivity index (χ2v) is 8.62. The van der Waals surface area contributed by atoms with Gasteiger partial charge in [-0.15, -0.1) is 0 Å². The van der Waals surface area contributed by atoms with Crippen LogP contribution in [0.3, 0.4) is 0 Å². The van der Waals surface area contributed by atoms with Gasteiger partial charge in [0.2, 0.25) is 0 Å². The molecule has 0 saturated heterocycles. The SMILES string of the molecule is COc1ccc(CCNC(=O)c2nn(-c3ccc(Cl)cc3Cl)c(-n3cccc3)c2C)cc1Cl. The van der Waals surface area contributed by atoms with Crippen molar-refractivity contribution in [2.45, 2.75) is 13.3 Å². The number of aromatic nitrogens is 3. The smallest absolute Gasteiger partial charge is 0.272 e. The highest BCUT2D eigenvalue weighted by atomic mass is 35.5. The minimum absolute atomic E-state index is 0.274. The minimum atomic E-state index is -0.274. The normalized spacial score (nSPS) is 10.9. The van der Waals surface area contributed by atoms with Gasteiger partial charge in [0.1, 0.15) is 11.6 Å². The summed E-state index contributed by atoms with van der Waals surface area (Å²) < 4.78 is 8.73. The van der Waals surface area contributed by atoms with E-state index in [4.69, 9.17) is 39.5 Å². The first-order valence-electron chi connectivity index (χ1n) is 10.2. The Labute approximate surface area is 206 Å². The van der Waals surface area contributed by atoms with Gasteiger partial charge in [0.15, 0.2) is 5.69 Å². The van der Waals surface area contributed by atoms with Crippen LogP contribution in [0.2, 0.25) is 15.1 Å². The van der Waals surface area contributed by atoms with Crippen molar-refractivity contribution in [3.63, 3.8) is 0 Å². The fourth-order valence-corrected chi connectivity index (χ4v) is 4.34. The van der Waals surface area contributed by atoms with Gasteiger partial charge in [-0.1, -0.05) is 40.9 Å². The van der Waals surface area contributed by atoms with Gasteiger partial charge >= 0.3 is 0 Å². The third-order valence-electron chi connectivity index (χ3n) is 5.21. The molecule has 2 heterocycles. The molecule has 0 atom stereocenters. The molecule has 4 rings (SSSR count). The third kappa shape index (κ3) is 4.88. The Bertz CT molecular complexity index is 1300. The van der Waals surface area contributed by atoms with E-state index in [0.29, 0.717) is 45.2 Å². The number of carbonyl (C=O) groups excluding carboxylic acids is 1. The van der Waals surface area contributed by atoms with Crippen LogP contribution in [0.5, 0.6) is 5.75 Å². The topological polar surface area (TPSA) is 61.1 Å². The Morgan fingerprint density at radius 1 is 1.06 bits per heavy atom. The predicted octanol–water partition coefficient (Wildman–Crippen LogP) is 5.91. The summed E-state index contributed by atoms with van der Waals surface area (Å²) in [5.74, 6) is 1.06. The van der Waals surface area contributed by atoms with Crippen molar-refractivity contribution in [3.05, 3.63) is 92.8 Å². The van der Waals surface area contributed by atoms with Gasteiger partial charge in [-0.3, -0.25) is 4.79 Å². The van der Waals surface area contributed by atoms with Crippen LogP contribution in [0.25, 0.3) is 11.5 Å². The predicted molar refractivity (Wildman–Crippen MR) is 132 cm³/mol. The molecule has 4 aromatic rings. The zero-order valence-corrected chi connectivity index (χ0v) is 20.2. The number of hydrogen-bond acceptors (Lipinski definition) is 3. The molecule has 0 aliphatic heterocycles. The van der Waals surface area contributed by atoms with E-state index in [1.165, 1.54) is 0 Å². The molecule has 0 bridgehead atoms. The van der Waals surface area contributed by atoms with Gasteiger partial charge < -0.3 is 14.6 Å². The lowest BCUT2D eigenvalue weighted by atomic mass is 10.1. The van der Waals surface area contributed by atoms with Gasteiger partial charge in [0.05, 0.1) is 22.8 Å². The molecule has 1 N–H and O–H groups in total. The van der Waals surface area contributed by atoms with E-state index in [1.807, 2.05) is 54.2 Å². The first-order chi connectivity index (χ1) is 15.9. The molecule has 0 saturated carbocycles. The Morgan fingerprint density at radius 3 is 2.48 bits per heavy atom. The largest absolute Gasteiger partial charge is 0.495 e.